The molecular formula is C20H23NO. The minimum absolute atomic E-state index is 0.827. The van der Waals surface area contributed by atoms with E-state index in [1.165, 1.54) is 28.0 Å². The van der Waals surface area contributed by atoms with E-state index in [-0.39, 0.29) is 0 Å². The molecule has 0 aliphatic carbocycles. The SMILES string of the molecule is C/C(=C(/C)c1ccc(N2CCOCC2)cc1)c1ccccc1. The maximum atomic E-state index is 5.41. The molecule has 0 unspecified atom stereocenters. The average molecular weight is 293 g/mol. The van der Waals surface area contributed by atoms with Gasteiger partial charge in [-0.2, -0.15) is 0 Å². The second-order valence-corrected chi connectivity index (χ2v) is 5.76. The lowest BCUT2D eigenvalue weighted by Gasteiger charge is -2.29. The van der Waals surface area contributed by atoms with Gasteiger partial charge in [-0.15, -0.1) is 0 Å². The number of rotatable bonds is 3. The Balaban J connectivity index is 1.83. The third kappa shape index (κ3) is 3.23. The Labute approximate surface area is 133 Å². The van der Waals surface area contributed by atoms with Gasteiger partial charge in [0.1, 0.15) is 0 Å². The van der Waals surface area contributed by atoms with Crippen LogP contribution < -0.4 is 4.90 Å². The summed E-state index contributed by atoms with van der Waals surface area (Å²) in [6.45, 7) is 8.02. The van der Waals surface area contributed by atoms with Crippen LogP contribution in [0.15, 0.2) is 54.6 Å². The standard InChI is InChI=1S/C20H23NO/c1-16(18-6-4-3-5-7-18)17(2)19-8-10-20(11-9-19)21-12-14-22-15-13-21/h3-11H,12-15H2,1-2H3/b17-16+. The molecule has 1 heterocycles. The second-order valence-electron chi connectivity index (χ2n) is 5.76. The lowest BCUT2D eigenvalue weighted by Crippen LogP contribution is -2.36. The average Bonchev–Trinajstić information content (AvgIpc) is 2.62. The zero-order chi connectivity index (χ0) is 15.4. The van der Waals surface area contributed by atoms with Gasteiger partial charge in [0, 0.05) is 18.8 Å². The number of morpholine rings is 1. The van der Waals surface area contributed by atoms with Crippen LogP contribution >= 0.6 is 0 Å². The summed E-state index contributed by atoms with van der Waals surface area (Å²) in [7, 11) is 0. The van der Waals surface area contributed by atoms with Crippen LogP contribution in [0.2, 0.25) is 0 Å². The van der Waals surface area contributed by atoms with Crippen molar-refractivity contribution >= 4 is 16.8 Å². The van der Waals surface area contributed by atoms with Crippen LogP contribution in [0.3, 0.4) is 0 Å². The van der Waals surface area contributed by atoms with Gasteiger partial charge in [0.2, 0.25) is 0 Å². The molecular weight excluding hydrogens is 270 g/mol. The maximum absolute atomic E-state index is 5.41. The summed E-state index contributed by atoms with van der Waals surface area (Å²) in [6.07, 6.45) is 0. The molecule has 0 aromatic heterocycles. The minimum atomic E-state index is 0.827. The van der Waals surface area contributed by atoms with Crippen molar-refractivity contribution in [1.29, 1.82) is 0 Å². The Morgan fingerprint density at radius 1 is 0.773 bits per heavy atom. The van der Waals surface area contributed by atoms with E-state index < -0.39 is 0 Å². The fourth-order valence-corrected chi connectivity index (χ4v) is 2.86. The van der Waals surface area contributed by atoms with Crippen LogP contribution in [0.1, 0.15) is 25.0 Å². The highest BCUT2D eigenvalue weighted by molar-refractivity contribution is 5.89. The molecule has 2 nitrogen and oxygen atoms in total. The highest BCUT2D eigenvalue weighted by Crippen LogP contribution is 2.27. The van der Waals surface area contributed by atoms with E-state index in [0.717, 1.165) is 26.3 Å². The van der Waals surface area contributed by atoms with Crippen molar-refractivity contribution < 1.29 is 4.74 Å². The van der Waals surface area contributed by atoms with Gasteiger partial charge in [-0.25, -0.2) is 0 Å². The van der Waals surface area contributed by atoms with Gasteiger partial charge in [0.15, 0.2) is 0 Å². The Bertz CT molecular complexity index is 637. The molecule has 1 fully saturated rings. The van der Waals surface area contributed by atoms with E-state index in [2.05, 4.69) is 73.3 Å². The molecule has 0 spiro atoms. The van der Waals surface area contributed by atoms with E-state index in [1.54, 1.807) is 0 Å². The van der Waals surface area contributed by atoms with Gasteiger partial charge in [-0.05, 0) is 48.3 Å². The maximum Gasteiger partial charge on any atom is 0.0642 e. The monoisotopic (exact) mass is 293 g/mol. The van der Waals surface area contributed by atoms with E-state index >= 15 is 0 Å². The van der Waals surface area contributed by atoms with Crippen molar-refractivity contribution in [2.75, 3.05) is 31.2 Å². The molecule has 22 heavy (non-hydrogen) atoms. The molecule has 0 radical (unpaired) electrons. The highest BCUT2D eigenvalue weighted by atomic mass is 16.5. The molecule has 1 aliphatic rings. The number of allylic oxidation sites excluding steroid dienone is 2. The summed E-state index contributed by atoms with van der Waals surface area (Å²) in [6, 6.07) is 19.5. The largest absolute Gasteiger partial charge is 0.378 e. The van der Waals surface area contributed by atoms with Crippen LogP contribution in [-0.4, -0.2) is 26.3 Å². The molecule has 0 N–H and O–H groups in total. The normalized spacial score (nSPS) is 16.4. The molecule has 1 saturated heterocycles. The smallest absolute Gasteiger partial charge is 0.0642 e. The molecule has 2 aromatic carbocycles. The van der Waals surface area contributed by atoms with Crippen LogP contribution in [0.5, 0.6) is 0 Å². The fourth-order valence-electron chi connectivity index (χ4n) is 2.86. The number of ether oxygens (including phenoxy) is 1. The second kappa shape index (κ2) is 6.80. The first-order valence-corrected chi connectivity index (χ1v) is 7.92. The summed E-state index contributed by atoms with van der Waals surface area (Å²) < 4.78 is 5.41. The fraction of sp³-hybridized carbons (Fsp3) is 0.300. The quantitative estimate of drug-likeness (QED) is 0.774. The minimum Gasteiger partial charge on any atom is -0.378 e. The number of benzene rings is 2. The summed E-state index contributed by atoms with van der Waals surface area (Å²) in [5.41, 5.74) is 6.53. The molecule has 1 aliphatic heterocycles. The molecule has 3 rings (SSSR count). The first-order chi connectivity index (χ1) is 10.8. The van der Waals surface area contributed by atoms with Crippen molar-refractivity contribution in [3.63, 3.8) is 0 Å². The summed E-state index contributed by atoms with van der Waals surface area (Å²) in [5, 5.41) is 0. The number of anilines is 1. The molecule has 0 amide bonds. The van der Waals surface area contributed by atoms with Gasteiger partial charge >= 0.3 is 0 Å². The van der Waals surface area contributed by atoms with E-state index in [0.29, 0.717) is 0 Å². The van der Waals surface area contributed by atoms with E-state index in [1.807, 2.05) is 0 Å². The van der Waals surface area contributed by atoms with Crippen molar-refractivity contribution in [2.45, 2.75) is 13.8 Å². The first kappa shape index (κ1) is 14.9. The Morgan fingerprint density at radius 3 is 1.91 bits per heavy atom. The van der Waals surface area contributed by atoms with Crippen molar-refractivity contribution in [3.8, 4) is 0 Å². The summed E-state index contributed by atoms with van der Waals surface area (Å²) in [4.78, 5) is 2.39. The van der Waals surface area contributed by atoms with Gasteiger partial charge < -0.3 is 9.64 Å². The van der Waals surface area contributed by atoms with Crippen LogP contribution in [0.25, 0.3) is 11.1 Å². The van der Waals surface area contributed by atoms with Crippen molar-refractivity contribution in [3.05, 3.63) is 65.7 Å². The Hall–Kier alpha value is -2.06. The van der Waals surface area contributed by atoms with Crippen molar-refractivity contribution in [2.24, 2.45) is 0 Å². The van der Waals surface area contributed by atoms with Crippen LogP contribution in [-0.2, 0) is 4.74 Å². The summed E-state index contributed by atoms with van der Waals surface area (Å²) >= 11 is 0. The van der Waals surface area contributed by atoms with Crippen LogP contribution in [0.4, 0.5) is 5.69 Å². The molecule has 114 valence electrons. The summed E-state index contributed by atoms with van der Waals surface area (Å²) in [5.74, 6) is 0. The van der Waals surface area contributed by atoms with Crippen LogP contribution in [0, 0.1) is 0 Å². The Morgan fingerprint density at radius 2 is 1.32 bits per heavy atom. The lowest BCUT2D eigenvalue weighted by atomic mass is 9.97. The first-order valence-electron chi connectivity index (χ1n) is 7.92. The molecule has 0 bridgehead atoms. The number of nitrogens with zero attached hydrogens (tertiary/aromatic N) is 1. The van der Waals surface area contributed by atoms with Gasteiger partial charge in [-0.1, -0.05) is 42.5 Å². The number of hydrogen-bond acceptors (Lipinski definition) is 2. The zero-order valence-corrected chi connectivity index (χ0v) is 13.4. The van der Waals surface area contributed by atoms with E-state index in [4.69, 9.17) is 4.74 Å². The number of hydrogen-bond donors (Lipinski definition) is 0. The van der Waals surface area contributed by atoms with Gasteiger partial charge in [-0.3, -0.25) is 0 Å². The van der Waals surface area contributed by atoms with Gasteiger partial charge in [0.25, 0.3) is 0 Å². The molecule has 2 aromatic rings. The highest BCUT2D eigenvalue weighted by Gasteiger charge is 2.11. The molecule has 0 atom stereocenters. The zero-order valence-electron chi connectivity index (χ0n) is 13.4. The lowest BCUT2D eigenvalue weighted by molar-refractivity contribution is 0.122. The Kier molecular flexibility index (Phi) is 4.59. The van der Waals surface area contributed by atoms with Gasteiger partial charge in [0.05, 0.1) is 13.2 Å². The molecule has 0 saturated carbocycles. The predicted molar refractivity (Wildman–Crippen MR) is 94.1 cm³/mol. The molecule has 2 heteroatoms. The topological polar surface area (TPSA) is 12.5 Å². The predicted octanol–water partition coefficient (Wildman–Crippen LogP) is 4.47. The third-order valence-corrected chi connectivity index (χ3v) is 4.45. The van der Waals surface area contributed by atoms with Crippen molar-refractivity contribution in [1.82, 2.24) is 0 Å². The third-order valence-electron chi connectivity index (χ3n) is 4.45. The van der Waals surface area contributed by atoms with E-state index in [9.17, 15) is 0 Å².